The van der Waals surface area contributed by atoms with Gasteiger partial charge in [-0.25, -0.2) is 0 Å². The number of nitrogens with one attached hydrogen (secondary N) is 1. The fourth-order valence-electron chi connectivity index (χ4n) is 2.09. The maximum Gasteiger partial charge on any atom is 0.263 e. The van der Waals surface area contributed by atoms with Crippen LogP contribution in [0.2, 0.25) is 10.0 Å². The molecule has 0 unspecified atom stereocenters. The average molecular weight is 369 g/mol. The van der Waals surface area contributed by atoms with Crippen LogP contribution in [0.25, 0.3) is 6.08 Å². The Kier molecular flexibility index (Phi) is 4.59. The van der Waals surface area contributed by atoms with Crippen molar-refractivity contribution in [3.8, 4) is 0 Å². The molecule has 0 spiro atoms. The molecule has 1 fully saturated rings. The molecule has 112 valence electrons. The van der Waals surface area contributed by atoms with Crippen molar-refractivity contribution in [3.63, 3.8) is 0 Å². The van der Waals surface area contributed by atoms with Gasteiger partial charge in [-0.15, -0.1) is 0 Å². The number of benzene rings is 1. The normalized spacial score (nSPS) is 16.4. The topological polar surface area (TPSA) is 34.0 Å². The van der Waals surface area contributed by atoms with Crippen LogP contribution in [-0.2, 0) is 11.3 Å². The van der Waals surface area contributed by atoms with Crippen molar-refractivity contribution < 1.29 is 4.79 Å². The van der Waals surface area contributed by atoms with Crippen LogP contribution in [-0.4, -0.2) is 14.8 Å². The van der Waals surface area contributed by atoms with E-state index in [2.05, 4.69) is 5.32 Å². The summed E-state index contributed by atoms with van der Waals surface area (Å²) in [5, 5.41) is 3.83. The number of nitrogens with zero attached hydrogens (tertiary/aromatic N) is 1. The van der Waals surface area contributed by atoms with E-state index >= 15 is 0 Å². The minimum absolute atomic E-state index is 0.160. The molecule has 0 saturated carbocycles. The van der Waals surface area contributed by atoms with E-state index < -0.39 is 0 Å². The third-order valence-electron chi connectivity index (χ3n) is 3.14. The lowest BCUT2D eigenvalue weighted by Crippen LogP contribution is -2.17. The summed E-state index contributed by atoms with van der Waals surface area (Å²) in [6.07, 6.45) is 3.76. The van der Waals surface area contributed by atoms with E-state index in [0.29, 0.717) is 25.8 Å². The van der Waals surface area contributed by atoms with Crippen LogP contribution in [0.3, 0.4) is 0 Å². The number of rotatable bonds is 3. The lowest BCUT2D eigenvalue weighted by atomic mass is 10.2. The molecule has 3 rings (SSSR count). The lowest BCUT2D eigenvalue weighted by molar-refractivity contribution is -0.115. The number of thiocarbonyl (C=S) groups is 1. The second kappa shape index (κ2) is 6.46. The monoisotopic (exact) mass is 368 g/mol. The summed E-state index contributed by atoms with van der Waals surface area (Å²) in [5.74, 6) is -0.160. The first kappa shape index (κ1) is 15.6. The molecule has 0 atom stereocenters. The Hall–Kier alpha value is -1.27. The molecule has 3 nitrogen and oxygen atoms in total. The van der Waals surface area contributed by atoms with Gasteiger partial charge in [-0.05, 0) is 35.9 Å². The van der Waals surface area contributed by atoms with Crippen LogP contribution in [0.4, 0.5) is 0 Å². The molecule has 7 heteroatoms. The molecule has 2 heterocycles. The Morgan fingerprint density at radius 3 is 2.82 bits per heavy atom. The summed E-state index contributed by atoms with van der Waals surface area (Å²) < 4.78 is 2.49. The Morgan fingerprint density at radius 2 is 2.14 bits per heavy atom. The third kappa shape index (κ3) is 3.38. The standard InChI is InChI=1S/C15H10Cl2N2OS2/c16-10-4-3-9(12(17)6-10)8-19-5-1-2-11(19)7-13-14(20)18-15(21)22-13/h1-7H,8H2,(H,18,20,21)/b13-7-. The van der Waals surface area contributed by atoms with Gasteiger partial charge in [-0.2, -0.15) is 0 Å². The molecule has 0 aliphatic carbocycles. The first-order chi connectivity index (χ1) is 10.5. The van der Waals surface area contributed by atoms with E-state index in [1.165, 1.54) is 11.8 Å². The Morgan fingerprint density at radius 1 is 1.32 bits per heavy atom. The van der Waals surface area contributed by atoms with Gasteiger partial charge in [0.05, 0.1) is 4.91 Å². The summed E-state index contributed by atoms with van der Waals surface area (Å²) in [5.41, 5.74) is 1.87. The number of thioether (sulfide) groups is 1. The fraction of sp³-hybridized carbons (Fsp3) is 0.0667. The first-order valence-electron chi connectivity index (χ1n) is 6.37. The molecule has 0 bridgehead atoms. The number of halogens is 2. The number of carbonyl (C=O) groups excluding carboxylic acids is 1. The van der Waals surface area contributed by atoms with E-state index in [-0.39, 0.29) is 5.91 Å². The summed E-state index contributed by atoms with van der Waals surface area (Å²) in [7, 11) is 0. The zero-order chi connectivity index (χ0) is 15.7. The Balaban J connectivity index is 1.88. The number of hydrogen-bond acceptors (Lipinski definition) is 3. The van der Waals surface area contributed by atoms with Crippen molar-refractivity contribution in [2.45, 2.75) is 6.54 Å². The minimum atomic E-state index is -0.160. The van der Waals surface area contributed by atoms with Crippen LogP contribution in [0.5, 0.6) is 0 Å². The number of hydrogen-bond donors (Lipinski definition) is 1. The van der Waals surface area contributed by atoms with Crippen molar-refractivity contribution >= 4 is 63.5 Å². The van der Waals surface area contributed by atoms with E-state index in [4.69, 9.17) is 35.4 Å². The van der Waals surface area contributed by atoms with Crippen LogP contribution >= 0.6 is 47.2 Å². The van der Waals surface area contributed by atoms with Gasteiger partial charge in [0.25, 0.3) is 5.91 Å². The van der Waals surface area contributed by atoms with Gasteiger partial charge < -0.3 is 9.88 Å². The highest BCUT2D eigenvalue weighted by molar-refractivity contribution is 8.26. The summed E-state index contributed by atoms with van der Waals surface area (Å²) >= 11 is 18.4. The van der Waals surface area contributed by atoms with Crippen molar-refractivity contribution in [1.82, 2.24) is 9.88 Å². The number of amides is 1. The molecule has 2 aromatic rings. The lowest BCUT2D eigenvalue weighted by Gasteiger charge is -2.09. The molecule has 1 N–H and O–H groups in total. The first-order valence-corrected chi connectivity index (χ1v) is 8.35. The smallest absolute Gasteiger partial charge is 0.263 e. The van der Waals surface area contributed by atoms with Crippen molar-refractivity contribution in [2.75, 3.05) is 0 Å². The molecule has 0 radical (unpaired) electrons. The summed E-state index contributed by atoms with van der Waals surface area (Å²) in [6, 6.07) is 9.29. The van der Waals surface area contributed by atoms with Gasteiger partial charge in [-0.3, -0.25) is 4.79 Å². The molecule has 1 amide bonds. The molecule has 22 heavy (non-hydrogen) atoms. The SMILES string of the molecule is O=C1NC(=S)S/C1=C\c1cccn1Cc1ccc(Cl)cc1Cl. The Bertz CT molecular complexity index is 799. The van der Waals surface area contributed by atoms with Crippen LogP contribution in [0.15, 0.2) is 41.4 Å². The van der Waals surface area contributed by atoms with E-state index in [1.807, 2.05) is 41.1 Å². The highest BCUT2D eigenvalue weighted by Crippen LogP contribution is 2.27. The van der Waals surface area contributed by atoms with E-state index in [9.17, 15) is 4.79 Å². The average Bonchev–Trinajstić information content (AvgIpc) is 3.01. The van der Waals surface area contributed by atoms with Crippen LogP contribution < -0.4 is 5.32 Å². The quantitative estimate of drug-likeness (QED) is 0.646. The molecule has 1 aliphatic heterocycles. The second-order valence-corrected chi connectivity index (χ2v) is 7.21. The molecular formula is C15H10Cl2N2OS2. The molecule has 1 aromatic heterocycles. The molecule has 1 aromatic carbocycles. The van der Waals surface area contributed by atoms with Gasteiger partial charge >= 0.3 is 0 Å². The molecule has 1 saturated heterocycles. The van der Waals surface area contributed by atoms with Gasteiger partial charge in [-0.1, -0.05) is 53.2 Å². The maximum atomic E-state index is 11.7. The highest BCUT2D eigenvalue weighted by Gasteiger charge is 2.22. The third-order valence-corrected chi connectivity index (χ3v) is 4.89. The zero-order valence-electron chi connectivity index (χ0n) is 11.2. The summed E-state index contributed by atoms with van der Waals surface area (Å²) in [6.45, 7) is 0.596. The predicted molar refractivity (Wildman–Crippen MR) is 96.3 cm³/mol. The molecular weight excluding hydrogens is 359 g/mol. The zero-order valence-corrected chi connectivity index (χ0v) is 14.3. The van der Waals surface area contributed by atoms with E-state index in [1.54, 1.807) is 6.07 Å². The fourth-order valence-corrected chi connectivity index (χ4v) is 3.59. The van der Waals surface area contributed by atoms with Gasteiger partial charge in [0.15, 0.2) is 0 Å². The number of aromatic nitrogens is 1. The van der Waals surface area contributed by atoms with Crippen molar-refractivity contribution in [3.05, 3.63) is 62.7 Å². The molecule has 1 aliphatic rings. The van der Waals surface area contributed by atoms with Gasteiger partial charge in [0, 0.05) is 28.5 Å². The van der Waals surface area contributed by atoms with Crippen LogP contribution in [0, 0.1) is 0 Å². The van der Waals surface area contributed by atoms with Gasteiger partial charge in [0.1, 0.15) is 4.32 Å². The predicted octanol–water partition coefficient (Wildman–Crippen LogP) is 4.33. The second-order valence-electron chi connectivity index (χ2n) is 4.65. The largest absolute Gasteiger partial charge is 0.343 e. The summed E-state index contributed by atoms with van der Waals surface area (Å²) in [4.78, 5) is 12.3. The van der Waals surface area contributed by atoms with Crippen molar-refractivity contribution in [1.29, 1.82) is 0 Å². The van der Waals surface area contributed by atoms with Crippen LogP contribution in [0.1, 0.15) is 11.3 Å². The van der Waals surface area contributed by atoms with Gasteiger partial charge in [0.2, 0.25) is 0 Å². The Labute approximate surface area is 147 Å². The van der Waals surface area contributed by atoms with Crippen molar-refractivity contribution in [2.24, 2.45) is 0 Å². The maximum absolute atomic E-state index is 11.7. The number of carbonyl (C=O) groups is 1. The highest BCUT2D eigenvalue weighted by atomic mass is 35.5. The minimum Gasteiger partial charge on any atom is -0.343 e. The van der Waals surface area contributed by atoms with E-state index in [0.717, 1.165) is 11.3 Å².